The number of amides is 2. The molecule has 0 bridgehead atoms. The van der Waals surface area contributed by atoms with E-state index in [1.54, 1.807) is 5.38 Å². The van der Waals surface area contributed by atoms with Gasteiger partial charge in [0.1, 0.15) is 6.04 Å². The standard InChI is InChI=1S/C23H26N4O2S/c1-15-6-10-17(11-7-15)20(21(28)24-23(3,4)5)27(18-12-8-16(2)9-13-18)22(29)19-14-30-26-25-19/h6-14,20H,1-5H3,(H,24,28)/t20-/m0/s1. The van der Waals surface area contributed by atoms with Crippen LogP contribution in [0.5, 0.6) is 0 Å². The first-order chi connectivity index (χ1) is 14.2. The Hall–Kier alpha value is -3.06. The van der Waals surface area contributed by atoms with Gasteiger partial charge in [0.05, 0.1) is 0 Å². The molecule has 1 atom stereocenters. The van der Waals surface area contributed by atoms with Gasteiger partial charge in [-0.25, -0.2) is 0 Å². The van der Waals surface area contributed by atoms with E-state index < -0.39 is 11.6 Å². The van der Waals surface area contributed by atoms with Crippen molar-refractivity contribution in [3.05, 3.63) is 76.3 Å². The van der Waals surface area contributed by atoms with E-state index in [9.17, 15) is 9.59 Å². The van der Waals surface area contributed by atoms with Crippen molar-refractivity contribution in [1.29, 1.82) is 0 Å². The minimum Gasteiger partial charge on any atom is -0.349 e. The molecule has 0 unspecified atom stereocenters. The van der Waals surface area contributed by atoms with Crippen LogP contribution in [0.1, 0.15) is 54.0 Å². The summed E-state index contributed by atoms with van der Waals surface area (Å²) in [6.07, 6.45) is 0. The molecular formula is C23H26N4O2S. The highest BCUT2D eigenvalue weighted by molar-refractivity contribution is 7.03. The fraction of sp³-hybridized carbons (Fsp3) is 0.304. The average molecular weight is 423 g/mol. The largest absolute Gasteiger partial charge is 0.349 e. The van der Waals surface area contributed by atoms with Crippen molar-refractivity contribution < 1.29 is 9.59 Å². The summed E-state index contributed by atoms with van der Waals surface area (Å²) in [5.74, 6) is -0.634. The highest BCUT2D eigenvalue weighted by atomic mass is 32.1. The second-order valence-corrected chi connectivity index (χ2v) is 8.96. The maximum atomic E-state index is 13.5. The van der Waals surface area contributed by atoms with Crippen molar-refractivity contribution in [3.8, 4) is 0 Å². The molecule has 3 aromatic rings. The van der Waals surface area contributed by atoms with E-state index in [-0.39, 0.29) is 17.5 Å². The maximum Gasteiger partial charge on any atom is 0.280 e. The fourth-order valence-electron chi connectivity index (χ4n) is 3.07. The van der Waals surface area contributed by atoms with Crippen LogP contribution in [-0.2, 0) is 4.79 Å². The predicted octanol–water partition coefficient (Wildman–Crippen LogP) is 4.46. The lowest BCUT2D eigenvalue weighted by molar-refractivity contribution is -0.123. The van der Waals surface area contributed by atoms with Gasteiger partial charge >= 0.3 is 0 Å². The van der Waals surface area contributed by atoms with Gasteiger partial charge in [0.2, 0.25) is 5.91 Å². The van der Waals surface area contributed by atoms with Gasteiger partial charge < -0.3 is 5.32 Å². The lowest BCUT2D eigenvalue weighted by Crippen LogP contribution is -2.49. The molecule has 0 aliphatic rings. The molecule has 1 heterocycles. The van der Waals surface area contributed by atoms with Gasteiger partial charge in [-0.15, -0.1) is 5.10 Å². The van der Waals surface area contributed by atoms with E-state index >= 15 is 0 Å². The van der Waals surface area contributed by atoms with Crippen molar-refractivity contribution in [1.82, 2.24) is 14.9 Å². The van der Waals surface area contributed by atoms with Gasteiger partial charge in [-0.05, 0) is 63.8 Å². The molecule has 2 amide bonds. The Morgan fingerprint density at radius 2 is 1.53 bits per heavy atom. The molecular weight excluding hydrogens is 396 g/mol. The van der Waals surface area contributed by atoms with Crippen LogP contribution in [0.15, 0.2) is 53.9 Å². The third-order valence-corrected chi connectivity index (χ3v) is 5.01. The molecule has 156 valence electrons. The fourth-order valence-corrected chi connectivity index (χ4v) is 3.50. The number of carbonyl (C=O) groups excluding carboxylic acids is 2. The number of anilines is 1. The first-order valence-electron chi connectivity index (χ1n) is 9.71. The molecule has 0 aliphatic heterocycles. The number of carbonyl (C=O) groups is 2. The normalized spacial score (nSPS) is 12.3. The zero-order valence-corrected chi connectivity index (χ0v) is 18.7. The molecule has 1 aromatic heterocycles. The number of aryl methyl sites for hydroxylation is 2. The topological polar surface area (TPSA) is 75.2 Å². The summed E-state index contributed by atoms with van der Waals surface area (Å²) in [6.45, 7) is 9.71. The Morgan fingerprint density at radius 3 is 2.03 bits per heavy atom. The second-order valence-electron chi connectivity index (χ2n) is 8.35. The smallest absolute Gasteiger partial charge is 0.280 e. The summed E-state index contributed by atoms with van der Waals surface area (Å²) < 4.78 is 3.82. The number of nitrogens with zero attached hydrogens (tertiary/aromatic N) is 3. The van der Waals surface area contributed by atoms with E-state index in [0.29, 0.717) is 5.69 Å². The van der Waals surface area contributed by atoms with Crippen molar-refractivity contribution in [2.45, 2.75) is 46.2 Å². The average Bonchev–Trinajstić information content (AvgIpc) is 3.21. The first-order valence-corrected chi connectivity index (χ1v) is 10.6. The van der Waals surface area contributed by atoms with E-state index in [0.717, 1.165) is 28.2 Å². The molecule has 6 nitrogen and oxygen atoms in total. The molecule has 2 aromatic carbocycles. The molecule has 0 aliphatic carbocycles. The highest BCUT2D eigenvalue weighted by Crippen LogP contribution is 2.30. The van der Waals surface area contributed by atoms with Crippen molar-refractivity contribution in [3.63, 3.8) is 0 Å². The van der Waals surface area contributed by atoms with Crippen LogP contribution in [0.25, 0.3) is 0 Å². The quantitative estimate of drug-likeness (QED) is 0.659. The monoisotopic (exact) mass is 422 g/mol. The van der Waals surface area contributed by atoms with Crippen LogP contribution in [-0.4, -0.2) is 26.9 Å². The van der Waals surface area contributed by atoms with E-state index in [1.165, 1.54) is 4.90 Å². The van der Waals surface area contributed by atoms with E-state index in [4.69, 9.17) is 0 Å². The molecule has 7 heteroatoms. The number of rotatable bonds is 5. The van der Waals surface area contributed by atoms with Crippen LogP contribution in [0.3, 0.4) is 0 Å². The first kappa shape index (κ1) is 21.6. The Balaban J connectivity index is 2.16. The summed E-state index contributed by atoms with van der Waals surface area (Å²) in [6, 6.07) is 14.3. The van der Waals surface area contributed by atoms with E-state index in [2.05, 4.69) is 14.9 Å². The maximum absolute atomic E-state index is 13.5. The number of hydrogen-bond donors (Lipinski definition) is 1. The Labute approximate surface area is 181 Å². The third kappa shape index (κ3) is 5.10. The van der Waals surface area contributed by atoms with Crippen molar-refractivity contribution in [2.75, 3.05) is 4.90 Å². The SMILES string of the molecule is Cc1ccc([C@@H](C(=O)NC(C)(C)C)N(C(=O)c2csnn2)c2ccc(C)cc2)cc1. The van der Waals surface area contributed by atoms with Gasteiger partial charge in [-0.3, -0.25) is 14.5 Å². The number of hydrogen-bond acceptors (Lipinski definition) is 5. The van der Waals surface area contributed by atoms with Crippen molar-refractivity contribution in [2.24, 2.45) is 0 Å². The summed E-state index contributed by atoms with van der Waals surface area (Å²) in [4.78, 5) is 28.5. The van der Waals surface area contributed by atoms with Crippen LogP contribution >= 0.6 is 11.5 Å². The van der Waals surface area contributed by atoms with Gasteiger partial charge in [0.25, 0.3) is 5.91 Å². The van der Waals surface area contributed by atoms with Crippen molar-refractivity contribution >= 4 is 29.0 Å². The van der Waals surface area contributed by atoms with Gasteiger partial charge in [0.15, 0.2) is 5.69 Å². The summed E-state index contributed by atoms with van der Waals surface area (Å²) >= 11 is 1.10. The zero-order valence-electron chi connectivity index (χ0n) is 17.8. The molecule has 0 fully saturated rings. The number of aromatic nitrogens is 2. The molecule has 1 N–H and O–H groups in total. The Kier molecular flexibility index (Phi) is 6.31. The zero-order chi connectivity index (χ0) is 21.9. The molecule has 3 rings (SSSR count). The minimum absolute atomic E-state index is 0.209. The highest BCUT2D eigenvalue weighted by Gasteiger charge is 2.35. The van der Waals surface area contributed by atoms with Crippen LogP contribution in [0.4, 0.5) is 5.69 Å². The van der Waals surface area contributed by atoms with E-state index in [1.807, 2.05) is 83.1 Å². The van der Waals surface area contributed by atoms with Crippen LogP contribution in [0, 0.1) is 13.8 Å². The third-order valence-electron chi connectivity index (χ3n) is 4.51. The molecule has 0 spiro atoms. The molecule has 0 saturated heterocycles. The Bertz CT molecular complexity index is 1010. The number of benzene rings is 2. The Morgan fingerprint density at radius 1 is 0.967 bits per heavy atom. The summed E-state index contributed by atoms with van der Waals surface area (Å²) in [5, 5.41) is 8.57. The van der Waals surface area contributed by atoms with Gasteiger partial charge in [0, 0.05) is 16.6 Å². The summed E-state index contributed by atoms with van der Waals surface area (Å²) in [5.41, 5.74) is 3.23. The molecule has 0 saturated carbocycles. The molecule has 0 radical (unpaired) electrons. The predicted molar refractivity (Wildman–Crippen MR) is 120 cm³/mol. The van der Waals surface area contributed by atoms with Crippen LogP contribution < -0.4 is 10.2 Å². The molecule has 30 heavy (non-hydrogen) atoms. The van der Waals surface area contributed by atoms with Crippen LogP contribution in [0.2, 0.25) is 0 Å². The summed E-state index contributed by atoms with van der Waals surface area (Å²) in [7, 11) is 0. The van der Waals surface area contributed by atoms with Gasteiger partial charge in [-0.1, -0.05) is 52.0 Å². The lowest BCUT2D eigenvalue weighted by Gasteiger charge is -2.33. The minimum atomic E-state index is -0.860. The van der Waals surface area contributed by atoms with Gasteiger partial charge in [-0.2, -0.15) is 0 Å². The second kappa shape index (κ2) is 8.75. The number of nitrogens with one attached hydrogen (secondary N) is 1. The lowest BCUT2D eigenvalue weighted by atomic mass is 9.99.